The van der Waals surface area contributed by atoms with Crippen LogP contribution in [0.1, 0.15) is 55.6 Å². The molecular formula is C27H30N2O5. The number of hydrogen-bond acceptors (Lipinski definition) is 4. The van der Waals surface area contributed by atoms with Crippen LogP contribution in [0, 0.1) is 5.92 Å². The maximum atomic E-state index is 12.6. The number of ether oxygens (including phenoxy) is 1. The van der Waals surface area contributed by atoms with Crippen LogP contribution in [0.2, 0.25) is 0 Å². The summed E-state index contributed by atoms with van der Waals surface area (Å²) in [4.78, 5) is 38.1. The predicted molar refractivity (Wildman–Crippen MR) is 126 cm³/mol. The van der Waals surface area contributed by atoms with E-state index in [2.05, 4.69) is 29.6 Å². The van der Waals surface area contributed by atoms with E-state index in [4.69, 9.17) is 4.74 Å². The summed E-state index contributed by atoms with van der Waals surface area (Å²) in [6, 6.07) is 15.7. The number of fused-ring (bicyclic) bond motifs is 3. The largest absolute Gasteiger partial charge is 0.480 e. The molecule has 0 bridgehead atoms. The third kappa shape index (κ3) is 4.39. The molecule has 3 aliphatic rings. The summed E-state index contributed by atoms with van der Waals surface area (Å²) in [6.45, 7) is 0.796. The van der Waals surface area contributed by atoms with E-state index >= 15 is 0 Å². The summed E-state index contributed by atoms with van der Waals surface area (Å²) in [6.07, 6.45) is 3.55. The highest BCUT2D eigenvalue weighted by Gasteiger charge is 2.37. The molecule has 2 aliphatic carbocycles. The molecule has 2 amide bonds. The lowest BCUT2D eigenvalue weighted by Crippen LogP contribution is -2.50. The third-order valence-electron chi connectivity index (χ3n) is 7.47. The van der Waals surface area contributed by atoms with E-state index in [1.54, 1.807) is 0 Å². The van der Waals surface area contributed by atoms with Crippen LogP contribution in [0.5, 0.6) is 0 Å². The second-order valence-corrected chi connectivity index (χ2v) is 9.65. The predicted octanol–water partition coefficient (Wildman–Crippen LogP) is 4.16. The molecule has 1 saturated carbocycles. The van der Waals surface area contributed by atoms with E-state index in [1.165, 1.54) is 27.2 Å². The number of amides is 2. The second-order valence-electron chi connectivity index (χ2n) is 9.65. The number of aliphatic carboxylic acids is 1. The van der Waals surface area contributed by atoms with Crippen molar-refractivity contribution in [2.24, 2.45) is 5.92 Å². The monoisotopic (exact) mass is 462 g/mol. The molecule has 7 nitrogen and oxygen atoms in total. The van der Waals surface area contributed by atoms with Gasteiger partial charge in [-0.15, -0.1) is 0 Å². The van der Waals surface area contributed by atoms with Crippen molar-refractivity contribution in [3.05, 3.63) is 59.7 Å². The molecule has 2 N–H and O–H groups in total. The molecule has 2 aromatic rings. The maximum Gasteiger partial charge on any atom is 0.407 e. The quantitative estimate of drug-likeness (QED) is 0.672. The molecule has 34 heavy (non-hydrogen) atoms. The van der Waals surface area contributed by atoms with Crippen molar-refractivity contribution >= 4 is 18.0 Å². The van der Waals surface area contributed by atoms with Gasteiger partial charge < -0.3 is 20.1 Å². The lowest BCUT2D eigenvalue weighted by atomic mass is 9.78. The van der Waals surface area contributed by atoms with Crippen molar-refractivity contribution in [2.75, 3.05) is 13.2 Å². The van der Waals surface area contributed by atoms with Gasteiger partial charge in [-0.1, -0.05) is 48.5 Å². The fraction of sp³-hybridized carbons (Fsp3) is 0.444. The van der Waals surface area contributed by atoms with Crippen LogP contribution < -0.4 is 5.32 Å². The van der Waals surface area contributed by atoms with Crippen molar-refractivity contribution in [1.29, 1.82) is 0 Å². The number of hydrogen-bond donors (Lipinski definition) is 2. The Kier molecular flexibility index (Phi) is 6.26. The highest BCUT2D eigenvalue weighted by Crippen LogP contribution is 2.44. The van der Waals surface area contributed by atoms with Crippen molar-refractivity contribution in [2.45, 2.75) is 56.5 Å². The van der Waals surface area contributed by atoms with Crippen molar-refractivity contribution in [1.82, 2.24) is 10.2 Å². The zero-order valence-electron chi connectivity index (χ0n) is 19.1. The zero-order chi connectivity index (χ0) is 23.7. The number of carboxylic acids is 1. The molecule has 0 unspecified atom stereocenters. The summed E-state index contributed by atoms with van der Waals surface area (Å²) in [7, 11) is 0. The Morgan fingerprint density at radius 3 is 2.26 bits per heavy atom. The highest BCUT2D eigenvalue weighted by molar-refractivity contribution is 5.84. The van der Waals surface area contributed by atoms with Gasteiger partial charge in [0, 0.05) is 24.9 Å². The average Bonchev–Trinajstić information content (AvgIpc) is 3.15. The lowest BCUT2D eigenvalue weighted by Gasteiger charge is -2.38. The number of carbonyl (C=O) groups is 3. The molecule has 1 saturated heterocycles. The minimum Gasteiger partial charge on any atom is -0.480 e. The number of rotatable bonds is 6. The van der Waals surface area contributed by atoms with Gasteiger partial charge in [-0.2, -0.15) is 0 Å². The molecule has 2 fully saturated rings. The fourth-order valence-electron chi connectivity index (χ4n) is 5.68. The van der Waals surface area contributed by atoms with Gasteiger partial charge in [0.15, 0.2) is 0 Å². The Labute approximate surface area is 199 Å². The molecule has 1 heterocycles. The first-order valence-corrected chi connectivity index (χ1v) is 12.1. The number of likely N-dealkylation sites (tertiary alicyclic amines) is 1. The van der Waals surface area contributed by atoms with Gasteiger partial charge in [0.25, 0.3) is 0 Å². The van der Waals surface area contributed by atoms with E-state index < -0.39 is 18.1 Å². The van der Waals surface area contributed by atoms with Crippen LogP contribution in [-0.4, -0.2) is 53.2 Å². The molecule has 0 spiro atoms. The second kappa shape index (κ2) is 9.49. The standard InChI is InChI=1S/C27H30N2O5/c30-25(29-12-6-5-11-24(29)26(31)32)15-17-13-18(14-17)28-27(33)34-16-23-21-9-3-1-7-19(21)20-8-2-4-10-22(20)23/h1-4,7-10,17-18,23-24H,5-6,11-16H2,(H,28,33)(H,31,32)/t17?,18?,24-/m1/s1. The lowest BCUT2D eigenvalue weighted by molar-refractivity contribution is -0.152. The number of benzene rings is 2. The Morgan fingerprint density at radius 1 is 0.971 bits per heavy atom. The minimum atomic E-state index is -0.920. The number of nitrogens with one attached hydrogen (secondary N) is 1. The summed E-state index contributed by atoms with van der Waals surface area (Å²) >= 11 is 0. The van der Waals surface area contributed by atoms with E-state index in [0.717, 1.165) is 12.8 Å². The van der Waals surface area contributed by atoms with Crippen LogP contribution in [-0.2, 0) is 14.3 Å². The molecule has 1 aliphatic heterocycles. The Balaban J connectivity index is 1.09. The minimum absolute atomic E-state index is 0.00919. The SMILES string of the molecule is O=C(NC1CC(CC(=O)N2CCCC[C@@H]2C(=O)O)C1)OCC1c2ccccc2-c2ccccc21. The molecular weight excluding hydrogens is 432 g/mol. The highest BCUT2D eigenvalue weighted by atomic mass is 16.5. The third-order valence-corrected chi connectivity index (χ3v) is 7.47. The molecule has 2 aromatic carbocycles. The van der Waals surface area contributed by atoms with Crippen LogP contribution in [0.3, 0.4) is 0 Å². The first-order chi connectivity index (χ1) is 16.5. The number of alkyl carbamates (subject to hydrolysis) is 1. The van der Waals surface area contributed by atoms with E-state index in [1.807, 2.05) is 24.3 Å². The summed E-state index contributed by atoms with van der Waals surface area (Å²) in [5.74, 6) is -0.812. The Bertz CT molecular complexity index is 1050. The van der Waals surface area contributed by atoms with Crippen molar-refractivity contribution in [3.8, 4) is 11.1 Å². The first-order valence-electron chi connectivity index (χ1n) is 12.1. The Hall–Kier alpha value is -3.35. The van der Waals surface area contributed by atoms with Gasteiger partial charge in [-0.3, -0.25) is 4.79 Å². The van der Waals surface area contributed by atoms with Gasteiger partial charge in [0.2, 0.25) is 5.91 Å². The van der Waals surface area contributed by atoms with Gasteiger partial charge in [-0.05, 0) is 60.3 Å². The Morgan fingerprint density at radius 2 is 1.62 bits per heavy atom. The smallest absolute Gasteiger partial charge is 0.407 e. The zero-order valence-corrected chi connectivity index (χ0v) is 19.1. The first kappa shape index (κ1) is 22.4. The molecule has 7 heteroatoms. The molecule has 0 aromatic heterocycles. The number of carboxylic acid groups (broad SMARTS) is 1. The van der Waals surface area contributed by atoms with E-state index in [0.29, 0.717) is 32.2 Å². The van der Waals surface area contributed by atoms with Crippen LogP contribution in [0.15, 0.2) is 48.5 Å². The number of piperidine rings is 1. The van der Waals surface area contributed by atoms with Crippen LogP contribution in [0.25, 0.3) is 11.1 Å². The van der Waals surface area contributed by atoms with E-state index in [9.17, 15) is 19.5 Å². The summed E-state index contributed by atoms with van der Waals surface area (Å²) in [5.41, 5.74) is 4.74. The van der Waals surface area contributed by atoms with Gasteiger partial charge in [0.05, 0.1) is 0 Å². The number of nitrogens with zero attached hydrogens (tertiary/aromatic N) is 1. The van der Waals surface area contributed by atoms with Gasteiger partial charge in [0.1, 0.15) is 12.6 Å². The average molecular weight is 463 g/mol. The topological polar surface area (TPSA) is 95.9 Å². The van der Waals surface area contributed by atoms with Gasteiger partial charge in [-0.25, -0.2) is 9.59 Å². The van der Waals surface area contributed by atoms with Crippen LogP contribution in [0.4, 0.5) is 4.79 Å². The summed E-state index contributed by atoms with van der Waals surface area (Å²) in [5, 5.41) is 12.3. The maximum absolute atomic E-state index is 12.6. The molecule has 0 radical (unpaired) electrons. The van der Waals surface area contributed by atoms with E-state index in [-0.39, 0.29) is 30.4 Å². The number of carbonyl (C=O) groups excluding carboxylic acids is 2. The van der Waals surface area contributed by atoms with Crippen molar-refractivity contribution < 1.29 is 24.2 Å². The molecule has 1 atom stereocenters. The van der Waals surface area contributed by atoms with Gasteiger partial charge >= 0.3 is 12.1 Å². The normalized spacial score (nSPS) is 23.4. The molecule has 5 rings (SSSR count). The summed E-state index contributed by atoms with van der Waals surface area (Å²) < 4.78 is 5.61. The fourth-order valence-corrected chi connectivity index (χ4v) is 5.68. The van der Waals surface area contributed by atoms with Crippen molar-refractivity contribution in [3.63, 3.8) is 0 Å². The van der Waals surface area contributed by atoms with Crippen LogP contribution >= 0.6 is 0 Å². The molecule has 178 valence electrons.